The third-order valence-corrected chi connectivity index (χ3v) is 6.15. The van der Waals surface area contributed by atoms with Crippen molar-refractivity contribution in [2.24, 2.45) is 17.6 Å². The fourth-order valence-electron chi connectivity index (χ4n) is 4.07. The predicted octanol–water partition coefficient (Wildman–Crippen LogP) is 2.99. The van der Waals surface area contributed by atoms with Crippen LogP contribution in [0.4, 0.5) is 0 Å². The molecule has 0 bridgehead atoms. The van der Waals surface area contributed by atoms with Gasteiger partial charge < -0.3 is 15.7 Å². The number of carbonyl (C=O) groups excluding carboxylic acids is 1. The molecule has 2 fully saturated rings. The van der Waals surface area contributed by atoms with E-state index in [-0.39, 0.29) is 23.6 Å². The maximum atomic E-state index is 12.6. The molecule has 1 saturated carbocycles. The molecule has 1 aliphatic carbocycles. The summed E-state index contributed by atoms with van der Waals surface area (Å²) in [6.07, 6.45) is 9.05. The highest BCUT2D eigenvalue weighted by atomic mass is 35.5. The van der Waals surface area contributed by atoms with Crippen molar-refractivity contribution < 1.29 is 14.7 Å². The average molecular weight is 359 g/mol. The summed E-state index contributed by atoms with van der Waals surface area (Å²) in [6.45, 7) is 1.40. The minimum Gasteiger partial charge on any atom is -0.481 e. The molecule has 6 heteroatoms. The van der Waals surface area contributed by atoms with Crippen LogP contribution in [0.3, 0.4) is 0 Å². The second-order valence-electron chi connectivity index (χ2n) is 7.47. The van der Waals surface area contributed by atoms with E-state index in [9.17, 15) is 9.59 Å². The van der Waals surface area contributed by atoms with E-state index in [1.165, 1.54) is 12.8 Å². The topological polar surface area (TPSA) is 83.6 Å². The normalized spacial score (nSPS) is 29.2. The largest absolute Gasteiger partial charge is 0.481 e. The third-order valence-electron chi connectivity index (χ3n) is 5.58. The molecule has 4 atom stereocenters. The number of alkyl halides is 1. The number of piperidine rings is 1. The Balaban J connectivity index is 1.75. The summed E-state index contributed by atoms with van der Waals surface area (Å²) in [5.41, 5.74) is 6.15. The van der Waals surface area contributed by atoms with Crippen molar-refractivity contribution in [2.45, 2.75) is 75.6 Å². The van der Waals surface area contributed by atoms with Gasteiger partial charge in [-0.05, 0) is 56.8 Å². The molecule has 1 heterocycles. The number of rotatable bonds is 7. The molecule has 138 valence electrons. The fraction of sp³-hybridized carbons (Fsp3) is 0.889. The van der Waals surface area contributed by atoms with Crippen LogP contribution in [-0.4, -0.2) is 46.4 Å². The number of halogens is 1. The molecule has 2 rings (SSSR count). The van der Waals surface area contributed by atoms with E-state index >= 15 is 0 Å². The molecule has 2 aliphatic rings. The number of carbonyl (C=O) groups is 2. The summed E-state index contributed by atoms with van der Waals surface area (Å²) in [5, 5.41) is 9.04. The Bertz CT molecular complexity index is 432. The number of aliphatic carboxylic acids is 1. The van der Waals surface area contributed by atoms with Gasteiger partial charge >= 0.3 is 5.97 Å². The van der Waals surface area contributed by atoms with Gasteiger partial charge in [-0.2, -0.15) is 0 Å². The van der Waals surface area contributed by atoms with Crippen molar-refractivity contribution in [3.63, 3.8) is 0 Å². The number of likely N-dealkylation sites (tertiary alicyclic amines) is 1. The Kier molecular flexibility index (Phi) is 7.82. The van der Waals surface area contributed by atoms with Crippen molar-refractivity contribution in [1.29, 1.82) is 0 Å². The summed E-state index contributed by atoms with van der Waals surface area (Å²) >= 11 is 6.39. The second kappa shape index (κ2) is 9.62. The van der Waals surface area contributed by atoms with E-state index in [0.29, 0.717) is 25.3 Å². The quantitative estimate of drug-likeness (QED) is 0.685. The van der Waals surface area contributed by atoms with Crippen LogP contribution in [-0.2, 0) is 9.59 Å². The van der Waals surface area contributed by atoms with Crippen molar-refractivity contribution in [2.75, 3.05) is 13.1 Å². The molecule has 1 saturated heterocycles. The molecule has 0 aromatic heterocycles. The Morgan fingerprint density at radius 2 is 1.92 bits per heavy atom. The number of amides is 1. The Morgan fingerprint density at radius 1 is 1.17 bits per heavy atom. The maximum Gasteiger partial charge on any atom is 0.303 e. The minimum absolute atomic E-state index is 0.0250. The van der Waals surface area contributed by atoms with Gasteiger partial charge in [-0.1, -0.05) is 12.8 Å². The highest BCUT2D eigenvalue weighted by Crippen LogP contribution is 2.32. The molecule has 1 amide bonds. The lowest BCUT2D eigenvalue weighted by Crippen LogP contribution is -2.48. The molecule has 4 unspecified atom stereocenters. The molecule has 0 aromatic carbocycles. The summed E-state index contributed by atoms with van der Waals surface area (Å²) in [4.78, 5) is 25.2. The molecule has 24 heavy (non-hydrogen) atoms. The lowest BCUT2D eigenvalue weighted by Gasteiger charge is -2.34. The second-order valence-corrected chi connectivity index (χ2v) is 8.03. The van der Waals surface area contributed by atoms with E-state index < -0.39 is 12.0 Å². The van der Waals surface area contributed by atoms with E-state index in [4.69, 9.17) is 22.4 Å². The molecular weight excluding hydrogens is 328 g/mol. The zero-order chi connectivity index (χ0) is 17.5. The van der Waals surface area contributed by atoms with Crippen LogP contribution in [0.2, 0.25) is 0 Å². The van der Waals surface area contributed by atoms with Crippen LogP contribution < -0.4 is 5.73 Å². The van der Waals surface area contributed by atoms with E-state index in [1.807, 2.05) is 4.90 Å². The van der Waals surface area contributed by atoms with Crippen molar-refractivity contribution in [3.8, 4) is 0 Å². The van der Waals surface area contributed by atoms with Crippen LogP contribution in [0.25, 0.3) is 0 Å². The lowest BCUT2D eigenvalue weighted by molar-refractivity contribution is -0.137. The number of carboxylic acid groups (broad SMARTS) is 1. The van der Waals surface area contributed by atoms with Gasteiger partial charge in [0.15, 0.2) is 0 Å². The molecule has 3 N–H and O–H groups in total. The summed E-state index contributed by atoms with van der Waals surface area (Å²) in [6, 6.07) is -0.450. The van der Waals surface area contributed by atoms with Crippen LogP contribution >= 0.6 is 11.6 Å². The van der Waals surface area contributed by atoms with Gasteiger partial charge in [0.25, 0.3) is 0 Å². The van der Waals surface area contributed by atoms with E-state index in [1.54, 1.807) is 0 Å². The Morgan fingerprint density at radius 3 is 2.62 bits per heavy atom. The minimum atomic E-state index is -0.765. The highest BCUT2D eigenvalue weighted by molar-refractivity contribution is 6.20. The lowest BCUT2D eigenvalue weighted by atomic mass is 9.84. The zero-order valence-electron chi connectivity index (χ0n) is 14.5. The van der Waals surface area contributed by atoms with Crippen LogP contribution in [0.5, 0.6) is 0 Å². The SMILES string of the molecule is NC(CCC1CCCCC1Cl)C(=O)N1CCCC(CCC(=O)O)C1. The summed E-state index contributed by atoms with van der Waals surface area (Å²) < 4.78 is 0. The smallest absolute Gasteiger partial charge is 0.303 e. The summed E-state index contributed by atoms with van der Waals surface area (Å²) in [5.74, 6) is 0.0377. The highest BCUT2D eigenvalue weighted by Gasteiger charge is 2.29. The van der Waals surface area contributed by atoms with Crippen LogP contribution in [0.15, 0.2) is 0 Å². The van der Waals surface area contributed by atoms with Crippen molar-refractivity contribution in [3.05, 3.63) is 0 Å². The Labute approximate surface area is 149 Å². The summed E-state index contributed by atoms with van der Waals surface area (Å²) in [7, 11) is 0. The van der Waals surface area contributed by atoms with Gasteiger partial charge in [0.1, 0.15) is 0 Å². The van der Waals surface area contributed by atoms with E-state index in [0.717, 1.165) is 38.6 Å². The Hall–Kier alpha value is -0.810. The first-order chi connectivity index (χ1) is 11.5. The van der Waals surface area contributed by atoms with Gasteiger partial charge in [0, 0.05) is 24.9 Å². The van der Waals surface area contributed by atoms with Crippen molar-refractivity contribution in [1.82, 2.24) is 4.90 Å². The number of nitrogens with zero attached hydrogens (tertiary/aromatic N) is 1. The van der Waals surface area contributed by atoms with E-state index in [2.05, 4.69) is 0 Å². The molecule has 0 spiro atoms. The van der Waals surface area contributed by atoms with Gasteiger partial charge in [0.2, 0.25) is 5.91 Å². The van der Waals surface area contributed by atoms with Gasteiger partial charge in [0.05, 0.1) is 6.04 Å². The fourth-order valence-corrected chi connectivity index (χ4v) is 4.47. The first-order valence-corrected chi connectivity index (χ1v) is 9.81. The zero-order valence-corrected chi connectivity index (χ0v) is 15.2. The number of carboxylic acids is 1. The molecule has 0 radical (unpaired) electrons. The number of hydrogen-bond acceptors (Lipinski definition) is 3. The third kappa shape index (κ3) is 5.92. The molecule has 1 aliphatic heterocycles. The number of nitrogens with two attached hydrogens (primary N) is 1. The maximum absolute atomic E-state index is 12.6. The van der Waals surface area contributed by atoms with Crippen LogP contribution in [0, 0.1) is 11.8 Å². The van der Waals surface area contributed by atoms with Crippen LogP contribution in [0.1, 0.15) is 64.2 Å². The van der Waals surface area contributed by atoms with Gasteiger partial charge in [-0.3, -0.25) is 9.59 Å². The molecule has 5 nitrogen and oxygen atoms in total. The predicted molar refractivity (Wildman–Crippen MR) is 95.0 cm³/mol. The first-order valence-electron chi connectivity index (χ1n) is 9.37. The molecule has 0 aromatic rings. The van der Waals surface area contributed by atoms with Crippen molar-refractivity contribution >= 4 is 23.5 Å². The standard InChI is InChI=1S/C18H31ClN2O3/c19-15-6-2-1-5-14(15)8-9-16(20)18(24)21-11-3-4-13(12-21)7-10-17(22)23/h13-16H,1-12,20H2,(H,22,23). The molecular formula is C18H31ClN2O3. The van der Waals surface area contributed by atoms with Gasteiger partial charge in [-0.15, -0.1) is 11.6 Å². The number of hydrogen-bond donors (Lipinski definition) is 2. The monoisotopic (exact) mass is 358 g/mol. The van der Waals surface area contributed by atoms with Gasteiger partial charge in [-0.25, -0.2) is 0 Å². The first kappa shape index (κ1) is 19.5. The average Bonchev–Trinajstić information content (AvgIpc) is 2.58.